The number of carbonyl (C=O) groups excluding carboxylic acids is 1. The summed E-state index contributed by atoms with van der Waals surface area (Å²) < 4.78 is 28.3. The predicted octanol–water partition coefficient (Wildman–Crippen LogP) is 4.49. The number of carbonyl (C=O) groups is 1. The molecule has 0 heterocycles. The lowest BCUT2D eigenvalue weighted by atomic mass is 10.0. The van der Waals surface area contributed by atoms with Crippen molar-refractivity contribution in [3.05, 3.63) is 94.5 Å². The van der Waals surface area contributed by atoms with Crippen LogP contribution in [0.25, 0.3) is 0 Å². The third kappa shape index (κ3) is 5.48. The lowest BCUT2D eigenvalue weighted by molar-refractivity contribution is -0.117. The number of anilines is 1. The van der Waals surface area contributed by atoms with Gasteiger partial charge in [0.1, 0.15) is 6.04 Å². The molecule has 0 saturated carbocycles. The molecular formula is C23H23ClN2O3S. The lowest BCUT2D eigenvalue weighted by Gasteiger charge is -2.20. The standard InChI is InChI=1S/C23H23ClN2O3S/c1-16-7-6-10-21(17(16)2)25-23(27)22(15-18-8-4-3-5-9-18)26-30(28,29)20-13-11-19(24)12-14-20/h3-14,22,26H,15H2,1-2H3,(H,25,27)/t22-/m0/s1. The fourth-order valence-corrected chi connectivity index (χ4v) is 4.33. The van der Waals surface area contributed by atoms with Gasteiger partial charge in [0.15, 0.2) is 0 Å². The summed E-state index contributed by atoms with van der Waals surface area (Å²) in [5.74, 6) is -0.426. The van der Waals surface area contributed by atoms with Gasteiger partial charge in [-0.1, -0.05) is 54.1 Å². The van der Waals surface area contributed by atoms with Crippen molar-refractivity contribution in [3.63, 3.8) is 0 Å². The van der Waals surface area contributed by atoms with E-state index in [1.807, 2.05) is 56.3 Å². The van der Waals surface area contributed by atoms with Crippen molar-refractivity contribution in [1.29, 1.82) is 0 Å². The third-order valence-corrected chi connectivity index (χ3v) is 6.62. The van der Waals surface area contributed by atoms with Crippen molar-refractivity contribution in [2.24, 2.45) is 0 Å². The normalized spacial score (nSPS) is 12.4. The topological polar surface area (TPSA) is 75.3 Å². The summed E-state index contributed by atoms with van der Waals surface area (Å²) in [6, 6.07) is 19.7. The number of hydrogen-bond acceptors (Lipinski definition) is 3. The first-order chi connectivity index (χ1) is 14.3. The Kier molecular flexibility index (Phi) is 6.92. The molecule has 0 aliphatic heterocycles. The number of rotatable bonds is 7. The van der Waals surface area contributed by atoms with Gasteiger partial charge in [-0.3, -0.25) is 4.79 Å². The predicted molar refractivity (Wildman–Crippen MR) is 120 cm³/mol. The first-order valence-corrected chi connectivity index (χ1v) is 11.3. The fourth-order valence-electron chi connectivity index (χ4n) is 3.01. The van der Waals surface area contributed by atoms with E-state index in [0.29, 0.717) is 10.7 Å². The lowest BCUT2D eigenvalue weighted by Crippen LogP contribution is -2.45. The highest BCUT2D eigenvalue weighted by Gasteiger charge is 2.26. The van der Waals surface area contributed by atoms with Crippen LogP contribution in [0.15, 0.2) is 77.7 Å². The SMILES string of the molecule is Cc1cccc(NC(=O)[C@H](Cc2ccccc2)NS(=O)(=O)c2ccc(Cl)cc2)c1C. The van der Waals surface area contributed by atoms with Gasteiger partial charge >= 0.3 is 0 Å². The van der Waals surface area contributed by atoms with Crippen LogP contribution in [-0.2, 0) is 21.2 Å². The monoisotopic (exact) mass is 442 g/mol. The molecule has 156 valence electrons. The summed E-state index contributed by atoms with van der Waals surface area (Å²) in [5, 5.41) is 3.30. The summed E-state index contributed by atoms with van der Waals surface area (Å²) in [6.45, 7) is 3.87. The van der Waals surface area contributed by atoms with Gasteiger partial charge < -0.3 is 5.32 Å². The molecule has 5 nitrogen and oxygen atoms in total. The molecule has 0 aromatic heterocycles. The fraction of sp³-hybridized carbons (Fsp3) is 0.174. The molecule has 0 aliphatic carbocycles. The number of aryl methyl sites for hydroxylation is 1. The van der Waals surface area contributed by atoms with Gasteiger partial charge in [0.2, 0.25) is 15.9 Å². The highest BCUT2D eigenvalue weighted by molar-refractivity contribution is 7.89. The van der Waals surface area contributed by atoms with Crippen LogP contribution in [0, 0.1) is 13.8 Å². The quantitative estimate of drug-likeness (QED) is 0.566. The molecule has 1 amide bonds. The minimum atomic E-state index is -3.92. The van der Waals surface area contributed by atoms with Crippen molar-refractivity contribution in [2.75, 3.05) is 5.32 Å². The summed E-state index contributed by atoms with van der Waals surface area (Å²) in [4.78, 5) is 13.1. The van der Waals surface area contributed by atoms with E-state index in [2.05, 4.69) is 10.0 Å². The Bertz CT molecular complexity index is 1130. The number of halogens is 1. The Labute approximate surface area is 182 Å². The summed E-state index contributed by atoms with van der Waals surface area (Å²) in [6.07, 6.45) is 0.213. The molecule has 3 rings (SSSR count). The van der Waals surface area contributed by atoms with Crippen molar-refractivity contribution < 1.29 is 13.2 Å². The van der Waals surface area contributed by atoms with Crippen LogP contribution in [0.5, 0.6) is 0 Å². The van der Waals surface area contributed by atoms with E-state index in [1.165, 1.54) is 24.3 Å². The molecule has 0 unspecified atom stereocenters. The van der Waals surface area contributed by atoms with Gasteiger partial charge in [-0.15, -0.1) is 0 Å². The van der Waals surface area contributed by atoms with E-state index in [4.69, 9.17) is 11.6 Å². The molecule has 1 atom stereocenters. The first kappa shape index (κ1) is 22.0. The average molecular weight is 443 g/mol. The summed E-state index contributed by atoms with van der Waals surface area (Å²) >= 11 is 5.86. The van der Waals surface area contributed by atoms with Crippen LogP contribution in [0.2, 0.25) is 5.02 Å². The minimum absolute atomic E-state index is 0.0458. The Balaban J connectivity index is 1.88. The summed E-state index contributed by atoms with van der Waals surface area (Å²) in [7, 11) is -3.92. The maximum Gasteiger partial charge on any atom is 0.242 e. The van der Waals surface area contributed by atoms with E-state index in [9.17, 15) is 13.2 Å². The second kappa shape index (κ2) is 9.43. The molecule has 0 fully saturated rings. The largest absolute Gasteiger partial charge is 0.324 e. The second-order valence-corrected chi connectivity index (χ2v) is 9.20. The second-order valence-electron chi connectivity index (χ2n) is 7.05. The van der Waals surface area contributed by atoms with Crippen molar-refractivity contribution in [1.82, 2.24) is 4.72 Å². The van der Waals surface area contributed by atoms with Gasteiger partial charge in [-0.05, 0) is 67.3 Å². The zero-order valence-electron chi connectivity index (χ0n) is 16.7. The average Bonchev–Trinajstić information content (AvgIpc) is 2.72. The Hall–Kier alpha value is -2.67. The summed E-state index contributed by atoms with van der Waals surface area (Å²) in [5.41, 5.74) is 3.47. The van der Waals surface area contributed by atoms with E-state index < -0.39 is 22.0 Å². The number of nitrogens with one attached hydrogen (secondary N) is 2. The Morgan fingerprint density at radius 1 is 0.933 bits per heavy atom. The number of benzene rings is 3. The molecule has 0 aliphatic rings. The van der Waals surface area contributed by atoms with E-state index in [0.717, 1.165) is 16.7 Å². The molecule has 0 bridgehead atoms. The van der Waals surface area contributed by atoms with Crippen LogP contribution in [0.1, 0.15) is 16.7 Å². The number of amides is 1. The maximum absolute atomic E-state index is 13.1. The molecule has 0 saturated heterocycles. The first-order valence-electron chi connectivity index (χ1n) is 9.45. The smallest absolute Gasteiger partial charge is 0.242 e. The van der Waals surface area contributed by atoms with Crippen molar-refractivity contribution >= 4 is 33.2 Å². The zero-order chi connectivity index (χ0) is 21.7. The molecular weight excluding hydrogens is 420 g/mol. The van der Waals surface area contributed by atoms with Crippen LogP contribution < -0.4 is 10.0 Å². The molecule has 2 N–H and O–H groups in total. The van der Waals surface area contributed by atoms with E-state index in [1.54, 1.807) is 6.07 Å². The van der Waals surface area contributed by atoms with Gasteiger partial charge in [-0.25, -0.2) is 8.42 Å². The molecule has 7 heteroatoms. The van der Waals surface area contributed by atoms with Crippen molar-refractivity contribution in [2.45, 2.75) is 31.2 Å². The van der Waals surface area contributed by atoms with Crippen molar-refractivity contribution in [3.8, 4) is 0 Å². The molecule has 30 heavy (non-hydrogen) atoms. The highest BCUT2D eigenvalue weighted by atomic mass is 35.5. The third-order valence-electron chi connectivity index (χ3n) is 4.88. The van der Waals surface area contributed by atoms with Gasteiger partial charge in [-0.2, -0.15) is 4.72 Å². The highest BCUT2D eigenvalue weighted by Crippen LogP contribution is 2.20. The van der Waals surface area contributed by atoms with Crippen LogP contribution in [-0.4, -0.2) is 20.4 Å². The zero-order valence-corrected chi connectivity index (χ0v) is 18.3. The molecule has 3 aromatic carbocycles. The Morgan fingerprint density at radius 2 is 1.60 bits per heavy atom. The number of hydrogen-bond donors (Lipinski definition) is 2. The van der Waals surface area contributed by atoms with Gasteiger partial charge in [0.25, 0.3) is 0 Å². The molecule has 0 spiro atoms. The van der Waals surface area contributed by atoms with Crippen LogP contribution in [0.4, 0.5) is 5.69 Å². The van der Waals surface area contributed by atoms with Gasteiger partial charge in [0.05, 0.1) is 4.90 Å². The minimum Gasteiger partial charge on any atom is -0.324 e. The van der Waals surface area contributed by atoms with Gasteiger partial charge in [0, 0.05) is 10.7 Å². The maximum atomic E-state index is 13.1. The van der Waals surface area contributed by atoms with E-state index in [-0.39, 0.29) is 11.3 Å². The van der Waals surface area contributed by atoms with Crippen LogP contribution in [0.3, 0.4) is 0 Å². The molecule has 0 radical (unpaired) electrons. The number of sulfonamides is 1. The van der Waals surface area contributed by atoms with Crippen LogP contribution >= 0.6 is 11.6 Å². The Morgan fingerprint density at radius 3 is 2.27 bits per heavy atom. The van der Waals surface area contributed by atoms with E-state index >= 15 is 0 Å². The molecule has 3 aromatic rings.